The maximum atomic E-state index is 13.9. The number of rotatable bonds is 3. The van der Waals surface area contributed by atoms with Crippen molar-refractivity contribution in [3.63, 3.8) is 0 Å². The number of methoxy groups -OCH3 is 1. The van der Waals surface area contributed by atoms with Gasteiger partial charge >= 0.3 is 5.97 Å². The second kappa shape index (κ2) is 6.37. The van der Waals surface area contributed by atoms with Gasteiger partial charge in [-0.15, -0.1) is 0 Å². The summed E-state index contributed by atoms with van der Waals surface area (Å²) < 4.78 is 20.5. The zero-order valence-electron chi connectivity index (χ0n) is 13.0. The van der Waals surface area contributed by atoms with Crippen LogP contribution in [-0.2, 0) is 16.1 Å². The molecule has 0 aliphatic heterocycles. The molecule has 0 unspecified atom stereocenters. The Hall–Kier alpha value is -2.42. The molecular formula is C17H18FN3O2. The van der Waals surface area contributed by atoms with Gasteiger partial charge in [-0.05, 0) is 43.7 Å². The van der Waals surface area contributed by atoms with Crippen molar-refractivity contribution >= 4 is 16.9 Å². The summed E-state index contributed by atoms with van der Waals surface area (Å²) in [5, 5.41) is 13.7. The smallest absolute Gasteiger partial charge is 0.308 e. The molecule has 0 bridgehead atoms. The number of fused-ring (bicyclic) bond motifs is 1. The van der Waals surface area contributed by atoms with Crippen molar-refractivity contribution in [1.29, 1.82) is 5.26 Å². The number of benzene rings is 1. The Morgan fingerprint density at radius 3 is 2.83 bits per heavy atom. The lowest BCUT2D eigenvalue weighted by Crippen LogP contribution is -2.25. The maximum Gasteiger partial charge on any atom is 0.308 e. The number of hydrogen-bond donors (Lipinski definition) is 0. The molecule has 6 heteroatoms. The maximum absolute atomic E-state index is 13.9. The van der Waals surface area contributed by atoms with Crippen LogP contribution in [-0.4, -0.2) is 22.9 Å². The summed E-state index contributed by atoms with van der Waals surface area (Å²) in [4.78, 5) is 11.6. The highest BCUT2D eigenvalue weighted by atomic mass is 19.1. The second-order valence-corrected chi connectivity index (χ2v) is 6.07. The number of ether oxygens (including phenoxy) is 1. The van der Waals surface area contributed by atoms with Crippen LogP contribution in [0, 0.1) is 29.0 Å². The minimum absolute atomic E-state index is 0.00625. The molecule has 0 amide bonds. The van der Waals surface area contributed by atoms with Gasteiger partial charge in [-0.1, -0.05) is 0 Å². The van der Waals surface area contributed by atoms with Crippen molar-refractivity contribution in [3.05, 3.63) is 29.7 Å². The average molecular weight is 315 g/mol. The molecule has 1 aliphatic rings. The van der Waals surface area contributed by atoms with E-state index in [9.17, 15) is 9.18 Å². The number of esters is 1. The first-order chi connectivity index (χ1) is 11.1. The van der Waals surface area contributed by atoms with Crippen molar-refractivity contribution in [2.45, 2.75) is 32.2 Å². The van der Waals surface area contributed by atoms with E-state index in [1.54, 1.807) is 10.7 Å². The molecule has 0 spiro atoms. The molecular weight excluding hydrogens is 297 g/mol. The third kappa shape index (κ3) is 3.04. The third-order valence-corrected chi connectivity index (χ3v) is 4.65. The number of nitrogens with zero attached hydrogens (tertiary/aromatic N) is 3. The Labute approximate surface area is 133 Å². The normalized spacial score (nSPS) is 21.1. The van der Waals surface area contributed by atoms with Gasteiger partial charge in [-0.3, -0.25) is 9.48 Å². The average Bonchev–Trinajstić information content (AvgIpc) is 2.98. The van der Waals surface area contributed by atoms with Crippen molar-refractivity contribution in [2.75, 3.05) is 7.11 Å². The van der Waals surface area contributed by atoms with Crippen molar-refractivity contribution in [3.8, 4) is 6.07 Å². The summed E-state index contributed by atoms with van der Waals surface area (Å²) in [7, 11) is 1.42. The van der Waals surface area contributed by atoms with E-state index < -0.39 is 5.82 Å². The van der Waals surface area contributed by atoms with Crippen LogP contribution in [0.2, 0.25) is 0 Å². The zero-order valence-corrected chi connectivity index (χ0v) is 13.0. The van der Waals surface area contributed by atoms with Gasteiger partial charge in [-0.25, -0.2) is 4.39 Å². The second-order valence-electron chi connectivity index (χ2n) is 6.07. The van der Waals surface area contributed by atoms with Crippen molar-refractivity contribution in [2.24, 2.45) is 11.8 Å². The van der Waals surface area contributed by atoms with E-state index in [1.807, 2.05) is 6.07 Å². The van der Waals surface area contributed by atoms with Gasteiger partial charge < -0.3 is 4.74 Å². The molecule has 5 nitrogen and oxygen atoms in total. The van der Waals surface area contributed by atoms with Gasteiger partial charge in [0.25, 0.3) is 0 Å². The Bertz CT molecular complexity index is 770. The van der Waals surface area contributed by atoms with Gasteiger partial charge in [0.2, 0.25) is 0 Å². The lowest BCUT2D eigenvalue weighted by molar-refractivity contribution is -0.146. The molecule has 2 aromatic rings. The Morgan fingerprint density at radius 2 is 2.17 bits per heavy atom. The Kier molecular flexibility index (Phi) is 4.28. The summed E-state index contributed by atoms with van der Waals surface area (Å²) in [6.45, 7) is 0.672. The molecule has 0 atom stereocenters. The molecule has 23 heavy (non-hydrogen) atoms. The molecule has 1 saturated carbocycles. The van der Waals surface area contributed by atoms with Gasteiger partial charge in [0.15, 0.2) is 0 Å². The van der Waals surface area contributed by atoms with Crippen LogP contribution in [0.1, 0.15) is 31.2 Å². The highest BCUT2D eigenvalue weighted by Crippen LogP contribution is 2.31. The standard InChI is InChI=1S/C17H18FN3O2/c1-23-17(22)13-4-2-11(3-5-13)10-21-16-7-12(8-19)6-15(18)14(16)9-20-21/h6-7,9,11,13H,2-5,10H2,1H3. The SMILES string of the molecule is COC(=O)C1CCC(Cn2ncc3c(F)cc(C#N)cc32)CC1. The molecule has 3 rings (SSSR count). The Morgan fingerprint density at radius 1 is 1.43 bits per heavy atom. The van der Waals surface area contributed by atoms with Crippen LogP contribution in [0.5, 0.6) is 0 Å². The molecule has 1 aliphatic carbocycles. The fourth-order valence-electron chi connectivity index (χ4n) is 3.34. The van der Waals surface area contributed by atoms with Crippen LogP contribution in [0.4, 0.5) is 4.39 Å². The minimum atomic E-state index is -0.417. The van der Waals surface area contributed by atoms with Crippen LogP contribution >= 0.6 is 0 Å². The summed E-state index contributed by atoms with van der Waals surface area (Å²) in [6, 6.07) is 4.88. The fraction of sp³-hybridized carbons (Fsp3) is 0.471. The van der Waals surface area contributed by atoms with Gasteiger partial charge in [0, 0.05) is 6.54 Å². The first-order valence-electron chi connectivity index (χ1n) is 7.75. The monoisotopic (exact) mass is 315 g/mol. The molecule has 1 heterocycles. The zero-order chi connectivity index (χ0) is 16.4. The van der Waals surface area contributed by atoms with E-state index in [0.29, 0.717) is 28.9 Å². The number of carbonyl (C=O) groups excluding carboxylic acids is 1. The lowest BCUT2D eigenvalue weighted by atomic mass is 9.82. The molecule has 1 fully saturated rings. The topological polar surface area (TPSA) is 67.9 Å². The van der Waals surface area contributed by atoms with E-state index >= 15 is 0 Å². The molecule has 0 radical (unpaired) electrons. The first-order valence-corrected chi connectivity index (χ1v) is 7.75. The minimum Gasteiger partial charge on any atom is -0.469 e. The van der Waals surface area contributed by atoms with Gasteiger partial charge in [-0.2, -0.15) is 10.4 Å². The predicted molar refractivity (Wildman–Crippen MR) is 81.9 cm³/mol. The number of aromatic nitrogens is 2. The third-order valence-electron chi connectivity index (χ3n) is 4.65. The molecule has 120 valence electrons. The van der Waals surface area contributed by atoms with Gasteiger partial charge in [0.05, 0.1) is 41.8 Å². The Balaban J connectivity index is 1.74. The van der Waals surface area contributed by atoms with E-state index in [4.69, 9.17) is 10.00 Å². The fourth-order valence-corrected chi connectivity index (χ4v) is 3.34. The summed E-state index contributed by atoms with van der Waals surface area (Å²) in [5.74, 6) is -0.158. The van der Waals surface area contributed by atoms with Crippen LogP contribution in [0.3, 0.4) is 0 Å². The quantitative estimate of drug-likeness (QED) is 0.817. The van der Waals surface area contributed by atoms with Crippen molar-refractivity contribution in [1.82, 2.24) is 9.78 Å². The summed E-state index contributed by atoms with van der Waals surface area (Å²) in [6.07, 6.45) is 4.97. The largest absolute Gasteiger partial charge is 0.469 e. The number of hydrogen-bond acceptors (Lipinski definition) is 4. The van der Waals surface area contributed by atoms with E-state index in [-0.39, 0.29) is 11.9 Å². The first kappa shape index (κ1) is 15.5. The molecule has 0 N–H and O–H groups in total. The molecule has 0 saturated heterocycles. The van der Waals surface area contributed by atoms with Crippen molar-refractivity contribution < 1.29 is 13.9 Å². The predicted octanol–water partition coefficient (Wildman–Crippen LogP) is 3.03. The van der Waals surface area contributed by atoms with Crippen LogP contribution in [0.15, 0.2) is 18.3 Å². The number of halogens is 1. The lowest BCUT2D eigenvalue weighted by Gasteiger charge is -2.26. The summed E-state index contributed by atoms with van der Waals surface area (Å²) >= 11 is 0. The van der Waals surface area contributed by atoms with Crippen LogP contribution in [0.25, 0.3) is 10.9 Å². The van der Waals surface area contributed by atoms with Crippen LogP contribution < -0.4 is 0 Å². The van der Waals surface area contributed by atoms with E-state index in [0.717, 1.165) is 25.7 Å². The highest BCUT2D eigenvalue weighted by molar-refractivity contribution is 5.80. The molecule has 1 aromatic carbocycles. The number of carbonyl (C=O) groups is 1. The van der Waals surface area contributed by atoms with E-state index in [1.165, 1.54) is 19.4 Å². The highest BCUT2D eigenvalue weighted by Gasteiger charge is 2.27. The van der Waals surface area contributed by atoms with E-state index in [2.05, 4.69) is 5.10 Å². The van der Waals surface area contributed by atoms with Gasteiger partial charge in [0.1, 0.15) is 5.82 Å². The number of nitriles is 1. The molecule has 1 aromatic heterocycles. The summed E-state index contributed by atoms with van der Waals surface area (Å²) in [5.41, 5.74) is 0.947.